The molecule has 0 aromatic heterocycles. The summed E-state index contributed by atoms with van der Waals surface area (Å²) >= 11 is 0. The number of phenolic OH excluding ortho intramolecular Hbond substituents is 1. The van der Waals surface area contributed by atoms with Gasteiger partial charge < -0.3 is 31.1 Å². The van der Waals surface area contributed by atoms with Gasteiger partial charge in [0.2, 0.25) is 11.5 Å². The van der Waals surface area contributed by atoms with E-state index in [1.54, 1.807) is 19.0 Å². The Bertz CT molecular complexity index is 1310. The lowest BCUT2D eigenvalue weighted by Gasteiger charge is -2.50. The van der Waals surface area contributed by atoms with Crippen LogP contribution in [0.1, 0.15) is 17.5 Å². The number of ketones is 2. The van der Waals surface area contributed by atoms with Crippen molar-refractivity contribution in [2.45, 2.75) is 24.5 Å². The number of anilines is 1. The van der Waals surface area contributed by atoms with Gasteiger partial charge in [-0.1, -0.05) is 0 Å². The molecule has 0 bridgehead atoms. The summed E-state index contributed by atoms with van der Waals surface area (Å²) in [4.78, 5) is 52.5. The smallest absolute Gasteiger partial charge is 0.313 e. The van der Waals surface area contributed by atoms with Crippen LogP contribution in [0, 0.1) is 22.0 Å². The molecule has 0 radical (unpaired) electrons. The van der Waals surface area contributed by atoms with Crippen LogP contribution < -0.4 is 10.6 Å². The fourth-order valence-electron chi connectivity index (χ4n) is 5.82. The maximum absolute atomic E-state index is 13.8. The van der Waals surface area contributed by atoms with E-state index >= 15 is 0 Å². The molecule has 1 saturated carbocycles. The molecule has 4 rings (SSSR count). The summed E-state index contributed by atoms with van der Waals surface area (Å²) < 4.78 is 0. The van der Waals surface area contributed by atoms with Crippen molar-refractivity contribution in [1.29, 1.82) is 0 Å². The van der Waals surface area contributed by atoms with Gasteiger partial charge in [0.05, 0.1) is 16.5 Å². The van der Waals surface area contributed by atoms with Gasteiger partial charge >= 0.3 is 5.69 Å². The Kier molecular flexibility index (Phi) is 5.61. The van der Waals surface area contributed by atoms with Gasteiger partial charge in [0.15, 0.2) is 11.4 Å². The minimum Gasteiger partial charge on any atom is -0.508 e. The number of aromatic hydroxyl groups is 1. The van der Waals surface area contributed by atoms with Gasteiger partial charge in [0.1, 0.15) is 17.1 Å². The number of phenols is 1. The first-order valence-corrected chi connectivity index (χ1v) is 11.0. The average Bonchev–Trinajstić information content (AvgIpc) is 2.75. The van der Waals surface area contributed by atoms with Gasteiger partial charge in [-0.05, 0) is 38.4 Å². The minimum atomic E-state index is -2.77. The summed E-state index contributed by atoms with van der Waals surface area (Å²) in [5, 5.41) is 55.8. The zero-order valence-corrected chi connectivity index (χ0v) is 20.0. The van der Waals surface area contributed by atoms with Crippen LogP contribution in [0.2, 0.25) is 0 Å². The lowest BCUT2D eigenvalue weighted by molar-refractivity contribution is -0.385. The highest BCUT2D eigenvalue weighted by Gasteiger charge is 2.64. The number of aliphatic hydroxyl groups excluding tert-OH is 2. The summed E-state index contributed by atoms with van der Waals surface area (Å²) in [6, 6.07) is -0.0329. The van der Waals surface area contributed by atoms with Crippen molar-refractivity contribution in [3.8, 4) is 5.75 Å². The summed E-state index contributed by atoms with van der Waals surface area (Å²) in [5.41, 5.74) is 0.875. The normalized spacial score (nSPS) is 27.6. The number of Topliss-reactive ketones (excluding diaryl/α,β-unsaturated/α-hetero) is 2. The monoisotopic (exact) mass is 502 g/mol. The number of rotatable bonds is 4. The molecular formula is C23H26N4O9. The number of carbonyl (C=O) groups is 3. The third-order valence-electron chi connectivity index (χ3n) is 7.36. The summed E-state index contributed by atoms with van der Waals surface area (Å²) in [7, 11) is 6.25. The van der Waals surface area contributed by atoms with Gasteiger partial charge in [0, 0.05) is 37.3 Å². The molecule has 1 fully saturated rings. The number of nitro benzene ring substituents is 1. The molecule has 1 aromatic rings. The van der Waals surface area contributed by atoms with Gasteiger partial charge in [-0.3, -0.25) is 29.4 Å². The lowest BCUT2D eigenvalue weighted by atomic mass is 9.57. The molecule has 3 unspecified atom stereocenters. The molecule has 4 atom stereocenters. The van der Waals surface area contributed by atoms with E-state index in [4.69, 9.17) is 5.73 Å². The first-order valence-electron chi connectivity index (χ1n) is 11.0. The van der Waals surface area contributed by atoms with Crippen molar-refractivity contribution in [2.75, 3.05) is 33.1 Å². The van der Waals surface area contributed by atoms with Crippen molar-refractivity contribution >= 4 is 34.6 Å². The number of carbonyl (C=O) groups excluding carboxylic acids is 3. The average molecular weight is 502 g/mol. The summed E-state index contributed by atoms with van der Waals surface area (Å²) in [5.74, 6) is -8.16. The van der Waals surface area contributed by atoms with E-state index in [1.165, 1.54) is 19.0 Å². The molecule has 36 heavy (non-hydrogen) atoms. The molecule has 0 saturated heterocycles. The maximum atomic E-state index is 13.8. The lowest BCUT2D eigenvalue weighted by Crippen LogP contribution is -2.65. The zero-order chi connectivity index (χ0) is 27.0. The molecule has 0 spiro atoms. The highest BCUT2D eigenvalue weighted by Crippen LogP contribution is 2.54. The standard InChI is InChI=1S/C23H26N4O9/c1-25(2)11-7-12(27(35)36)17(28)14-9(11)5-8-6-10-16(26(3)4)19(30)15(22(24)33)21(32)23(10,34)20(31)13(8)18(14)29/h7-8,10,16,28-29,32,34H,5-6H2,1-4H3,(H2,24,33)/t8?,10?,16-,23?/m0/s1. The number of benzene rings is 1. The molecule has 1 amide bonds. The first-order chi connectivity index (χ1) is 16.7. The summed E-state index contributed by atoms with van der Waals surface area (Å²) in [6.07, 6.45) is -0.0377. The number of nitro groups is 1. The zero-order valence-electron chi connectivity index (χ0n) is 20.0. The van der Waals surface area contributed by atoms with Crippen molar-refractivity contribution in [1.82, 2.24) is 4.90 Å². The predicted octanol–water partition coefficient (Wildman–Crippen LogP) is -0.0618. The number of fused-ring (bicyclic) bond motifs is 3. The van der Waals surface area contributed by atoms with Crippen LogP contribution in [0.4, 0.5) is 11.4 Å². The number of primary amides is 1. The number of likely N-dealkylation sites (N-methyl/N-ethyl adjacent to an activating group) is 1. The van der Waals surface area contributed by atoms with E-state index in [2.05, 4.69) is 0 Å². The molecule has 0 heterocycles. The van der Waals surface area contributed by atoms with E-state index in [0.29, 0.717) is 11.3 Å². The minimum absolute atomic E-state index is 0.0353. The van der Waals surface area contributed by atoms with Crippen molar-refractivity contribution in [2.24, 2.45) is 17.6 Å². The van der Waals surface area contributed by atoms with Crippen LogP contribution in [-0.2, 0) is 20.8 Å². The SMILES string of the molecule is CN(C)c1cc([N+](=O)[O-])c(O)c2c1CC1CC3[C@H](N(C)C)C(=O)C(C(N)=O)=C(O)C3(O)C(=O)C1=C2O. The highest BCUT2D eigenvalue weighted by atomic mass is 16.6. The Hall–Kier alpha value is -3.97. The Morgan fingerprint density at radius 3 is 2.31 bits per heavy atom. The van der Waals surface area contributed by atoms with Gasteiger partial charge in [-0.25, -0.2) is 0 Å². The van der Waals surface area contributed by atoms with Gasteiger partial charge in [0.25, 0.3) is 5.91 Å². The fourth-order valence-corrected chi connectivity index (χ4v) is 5.82. The Labute approximate surface area is 204 Å². The van der Waals surface area contributed by atoms with Crippen LogP contribution >= 0.6 is 0 Å². The Morgan fingerprint density at radius 2 is 1.81 bits per heavy atom. The molecule has 6 N–H and O–H groups in total. The van der Waals surface area contributed by atoms with Gasteiger partial charge in [-0.2, -0.15) is 0 Å². The third-order valence-corrected chi connectivity index (χ3v) is 7.36. The van der Waals surface area contributed by atoms with Crippen LogP contribution in [0.25, 0.3) is 5.76 Å². The second kappa shape index (κ2) is 8.03. The van der Waals surface area contributed by atoms with E-state index in [1.807, 2.05) is 0 Å². The van der Waals surface area contributed by atoms with E-state index in [9.17, 15) is 44.9 Å². The van der Waals surface area contributed by atoms with Crippen molar-refractivity contribution < 1.29 is 39.7 Å². The number of aliphatic hydroxyl groups is 3. The van der Waals surface area contributed by atoms with E-state index in [0.717, 1.165) is 6.07 Å². The Balaban J connectivity index is 2.03. The number of hydrogen-bond donors (Lipinski definition) is 5. The molecular weight excluding hydrogens is 476 g/mol. The molecule has 13 heteroatoms. The topological polar surface area (TPSA) is 208 Å². The number of nitrogens with zero attached hydrogens (tertiary/aromatic N) is 3. The van der Waals surface area contributed by atoms with Crippen LogP contribution in [0.3, 0.4) is 0 Å². The van der Waals surface area contributed by atoms with Crippen LogP contribution in [0.5, 0.6) is 5.75 Å². The molecule has 1 aromatic carbocycles. The molecule has 3 aliphatic rings. The largest absolute Gasteiger partial charge is 0.508 e. The quantitative estimate of drug-likeness (QED) is 0.209. The van der Waals surface area contributed by atoms with Crippen molar-refractivity contribution in [3.05, 3.63) is 44.2 Å². The van der Waals surface area contributed by atoms with Gasteiger partial charge in [-0.15, -0.1) is 0 Å². The predicted molar refractivity (Wildman–Crippen MR) is 125 cm³/mol. The second-order valence-electron chi connectivity index (χ2n) is 9.73. The van der Waals surface area contributed by atoms with Crippen LogP contribution in [0.15, 0.2) is 23.0 Å². The molecule has 3 aliphatic carbocycles. The second-order valence-corrected chi connectivity index (χ2v) is 9.73. The van der Waals surface area contributed by atoms with E-state index in [-0.39, 0.29) is 24.0 Å². The third kappa shape index (κ3) is 3.12. The highest BCUT2D eigenvalue weighted by molar-refractivity contribution is 6.24. The van der Waals surface area contributed by atoms with Crippen molar-refractivity contribution in [3.63, 3.8) is 0 Å². The Morgan fingerprint density at radius 1 is 1.19 bits per heavy atom. The first kappa shape index (κ1) is 25.1. The molecule has 0 aliphatic heterocycles. The van der Waals surface area contributed by atoms with Crippen LogP contribution in [-0.4, -0.2) is 87.6 Å². The number of hydrogen-bond acceptors (Lipinski definition) is 11. The molecule has 13 nitrogen and oxygen atoms in total. The number of amides is 1. The summed E-state index contributed by atoms with van der Waals surface area (Å²) in [6.45, 7) is 0. The molecule has 192 valence electrons. The number of nitrogens with two attached hydrogens (primary N) is 1. The maximum Gasteiger partial charge on any atom is 0.313 e. The van der Waals surface area contributed by atoms with E-state index < -0.39 is 74.4 Å². The fraction of sp³-hybridized carbons (Fsp3) is 0.435.